The van der Waals surface area contributed by atoms with Gasteiger partial charge in [0.15, 0.2) is 0 Å². The van der Waals surface area contributed by atoms with Crippen LogP contribution in [0.3, 0.4) is 0 Å². The monoisotopic (exact) mass is 387 g/mol. The van der Waals surface area contributed by atoms with E-state index in [-0.39, 0.29) is 18.1 Å². The van der Waals surface area contributed by atoms with Gasteiger partial charge >= 0.3 is 5.97 Å². The molecule has 3 N–H and O–H groups in total. The van der Waals surface area contributed by atoms with Crippen LogP contribution in [-0.2, 0) is 22.5 Å². The van der Waals surface area contributed by atoms with Crippen molar-refractivity contribution in [1.29, 1.82) is 0 Å². The average molecular weight is 387 g/mol. The summed E-state index contributed by atoms with van der Waals surface area (Å²) < 4.78 is 9.86. The van der Waals surface area contributed by atoms with Crippen molar-refractivity contribution in [3.8, 4) is 5.75 Å². The molecule has 0 fully saturated rings. The first-order valence-corrected chi connectivity index (χ1v) is 8.88. The van der Waals surface area contributed by atoms with Crippen LogP contribution in [0.1, 0.15) is 44.6 Å². The van der Waals surface area contributed by atoms with E-state index in [1.54, 1.807) is 14.0 Å². The second-order valence-electron chi connectivity index (χ2n) is 6.13. The van der Waals surface area contributed by atoms with E-state index in [4.69, 9.17) is 9.47 Å². The van der Waals surface area contributed by atoms with Crippen molar-refractivity contribution < 1.29 is 23.9 Å². The number of aromatic nitrogens is 1. The Morgan fingerprint density at radius 3 is 2.32 bits per heavy atom. The van der Waals surface area contributed by atoms with Gasteiger partial charge in [-0.15, -0.1) is 0 Å². The quantitative estimate of drug-likeness (QED) is 0.598. The van der Waals surface area contributed by atoms with Crippen LogP contribution >= 0.6 is 0 Å². The minimum Gasteiger partial charge on any atom is -0.497 e. The maximum Gasteiger partial charge on any atom is 0.339 e. The third kappa shape index (κ3) is 4.91. The largest absolute Gasteiger partial charge is 0.497 e. The SMILES string of the molecule is CCc1[nH]c(C(=O)NCC(=O)NCc2ccc(OC)cc2)c(C)c1C(=O)OC. The molecule has 1 aromatic carbocycles. The van der Waals surface area contributed by atoms with Crippen LogP contribution in [0.2, 0.25) is 0 Å². The molecule has 0 saturated carbocycles. The Balaban J connectivity index is 1.93. The van der Waals surface area contributed by atoms with Crippen molar-refractivity contribution in [1.82, 2.24) is 15.6 Å². The zero-order valence-electron chi connectivity index (χ0n) is 16.5. The van der Waals surface area contributed by atoms with E-state index < -0.39 is 11.9 Å². The van der Waals surface area contributed by atoms with Crippen molar-refractivity contribution >= 4 is 17.8 Å². The van der Waals surface area contributed by atoms with Gasteiger partial charge in [0.1, 0.15) is 11.4 Å². The van der Waals surface area contributed by atoms with Crippen molar-refractivity contribution in [2.45, 2.75) is 26.8 Å². The second-order valence-corrected chi connectivity index (χ2v) is 6.13. The number of H-pyrrole nitrogens is 1. The van der Waals surface area contributed by atoms with Gasteiger partial charge in [-0.2, -0.15) is 0 Å². The Morgan fingerprint density at radius 2 is 1.75 bits per heavy atom. The molecule has 1 heterocycles. The molecule has 2 amide bonds. The lowest BCUT2D eigenvalue weighted by atomic mass is 10.1. The zero-order valence-corrected chi connectivity index (χ0v) is 16.5. The molecule has 0 unspecified atom stereocenters. The van der Waals surface area contributed by atoms with Gasteiger partial charge in [0.2, 0.25) is 5.91 Å². The highest BCUT2D eigenvalue weighted by atomic mass is 16.5. The van der Waals surface area contributed by atoms with Crippen molar-refractivity contribution in [3.05, 3.63) is 52.3 Å². The first-order chi connectivity index (χ1) is 13.4. The van der Waals surface area contributed by atoms with E-state index in [2.05, 4.69) is 15.6 Å². The van der Waals surface area contributed by atoms with Gasteiger partial charge in [-0.1, -0.05) is 19.1 Å². The van der Waals surface area contributed by atoms with Gasteiger partial charge in [0.05, 0.1) is 26.3 Å². The second kappa shape index (κ2) is 9.59. The number of methoxy groups -OCH3 is 2. The minimum absolute atomic E-state index is 0.178. The fraction of sp³-hybridized carbons (Fsp3) is 0.350. The third-order valence-corrected chi connectivity index (χ3v) is 4.36. The molecule has 0 atom stereocenters. The molecule has 8 heteroatoms. The Hall–Kier alpha value is -3.29. The normalized spacial score (nSPS) is 10.3. The van der Waals surface area contributed by atoms with Crippen LogP contribution in [0.5, 0.6) is 5.75 Å². The van der Waals surface area contributed by atoms with Gasteiger partial charge < -0.3 is 25.1 Å². The smallest absolute Gasteiger partial charge is 0.339 e. The van der Waals surface area contributed by atoms with Crippen LogP contribution in [0, 0.1) is 6.92 Å². The predicted octanol–water partition coefficient (Wildman–Crippen LogP) is 1.73. The van der Waals surface area contributed by atoms with Gasteiger partial charge in [-0.25, -0.2) is 4.79 Å². The summed E-state index contributed by atoms with van der Waals surface area (Å²) in [6.45, 7) is 3.70. The van der Waals surface area contributed by atoms with Gasteiger partial charge in [0.25, 0.3) is 5.91 Å². The Morgan fingerprint density at radius 1 is 1.07 bits per heavy atom. The van der Waals surface area contributed by atoms with Gasteiger partial charge in [0, 0.05) is 12.2 Å². The fourth-order valence-electron chi connectivity index (χ4n) is 2.78. The number of carbonyl (C=O) groups excluding carboxylic acids is 3. The fourth-order valence-corrected chi connectivity index (χ4v) is 2.78. The third-order valence-electron chi connectivity index (χ3n) is 4.36. The lowest BCUT2D eigenvalue weighted by Crippen LogP contribution is -2.37. The number of carbonyl (C=O) groups is 3. The summed E-state index contributed by atoms with van der Waals surface area (Å²) in [7, 11) is 2.88. The molecule has 0 saturated heterocycles. The lowest BCUT2D eigenvalue weighted by Gasteiger charge is -2.08. The first-order valence-electron chi connectivity index (χ1n) is 8.88. The number of aromatic amines is 1. The number of rotatable bonds is 8. The number of aryl methyl sites for hydroxylation is 1. The molecular weight excluding hydrogens is 362 g/mol. The van der Waals surface area contributed by atoms with E-state index in [1.807, 2.05) is 31.2 Å². The van der Waals surface area contributed by atoms with E-state index >= 15 is 0 Å². The summed E-state index contributed by atoms with van der Waals surface area (Å²) >= 11 is 0. The summed E-state index contributed by atoms with van der Waals surface area (Å²) in [4.78, 5) is 39.3. The topological polar surface area (TPSA) is 110 Å². The van der Waals surface area contributed by atoms with E-state index in [0.717, 1.165) is 11.3 Å². The number of ether oxygens (including phenoxy) is 2. The first kappa shape index (κ1) is 21.0. The molecule has 0 bridgehead atoms. The highest BCUT2D eigenvalue weighted by Gasteiger charge is 2.23. The molecule has 0 aliphatic heterocycles. The van der Waals surface area contributed by atoms with Gasteiger partial charge in [-0.05, 0) is 36.6 Å². The molecule has 2 aromatic rings. The molecule has 2 rings (SSSR count). The molecule has 8 nitrogen and oxygen atoms in total. The average Bonchev–Trinajstić information content (AvgIpc) is 3.06. The summed E-state index contributed by atoms with van der Waals surface area (Å²) in [6.07, 6.45) is 0.543. The van der Waals surface area contributed by atoms with E-state index in [1.165, 1.54) is 7.11 Å². The standard InChI is InChI=1S/C20H25N3O5/c1-5-15-17(20(26)28-4)12(2)18(23-15)19(25)22-11-16(24)21-10-13-6-8-14(27-3)9-7-13/h6-9,23H,5,10-11H2,1-4H3,(H,21,24)(H,22,25). The van der Waals surface area contributed by atoms with Crippen LogP contribution in [-0.4, -0.2) is 43.5 Å². The Labute approximate surface area is 163 Å². The van der Waals surface area contributed by atoms with E-state index in [9.17, 15) is 14.4 Å². The van der Waals surface area contributed by atoms with Crippen molar-refractivity contribution in [2.24, 2.45) is 0 Å². The highest BCUT2D eigenvalue weighted by molar-refractivity contribution is 6.01. The molecule has 28 heavy (non-hydrogen) atoms. The maximum atomic E-state index is 12.4. The number of esters is 1. The summed E-state index contributed by atoms with van der Waals surface area (Å²) in [5.74, 6) is -0.539. The molecule has 0 spiro atoms. The number of hydrogen-bond donors (Lipinski definition) is 3. The van der Waals surface area contributed by atoms with Crippen molar-refractivity contribution in [3.63, 3.8) is 0 Å². The maximum absolute atomic E-state index is 12.4. The number of hydrogen-bond acceptors (Lipinski definition) is 5. The number of benzene rings is 1. The minimum atomic E-state index is -0.498. The number of amides is 2. The van der Waals surface area contributed by atoms with Crippen molar-refractivity contribution in [2.75, 3.05) is 20.8 Å². The Kier molecular flexibility index (Phi) is 7.20. The Bertz CT molecular complexity index is 855. The molecule has 1 aromatic heterocycles. The summed E-state index contributed by atoms with van der Waals surface area (Å²) in [6, 6.07) is 7.31. The summed E-state index contributed by atoms with van der Waals surface area (Å²) in [5.41, 5.74) is 2.65. The van der Waals surface area contributed by atoms with Crippen LogP contribution < -0.4 is 15.4 Å². The predicted molar refractivity (Wildman–Crippen MR) is 103 cm³/mol. The number of nitrogens with one attached hydrogen (secondary N) is 3. The van der Waals surface area contributed by atoms with Crippen LogP contribution in [0.25, 0.3) is 0 Å². The molecular formula is C20H25N3O5. The lowest BCUT2D eigenvalue weighted by molar-refractivity contribution is -0.120. The summed E-state index contributed by atoms with van der Waals surface area (Å²) in [5, 5.41) is 5.30. The van der Waals surface area contributed by atoms with Crippen LogP contribution in [0.4, 0.5) is 0 Å². The van der Waals surface area contributed by atoms with Crippen LogP contribution in [0.15, 0.2) is 24.3 Å². The zero-order chi connectivity index (χ0) is 20.7. The molecule has 150 valence electrons. The highest BCUT2D eigenvalue weighted by Crippen LogP contribution is 2.20. The molecule has 0 aliphatic rings. The molecule has 0 radical (unpaired) electrons. The van der Waals surface area contributed by atoms with Gasteiger partial charge in [-0.3, -0.25) is 9.59 Å². The molecule has 0 aliphatic carbocycles. The van der Waals surface area contributed by atoms with E-state index in [0.29, 0.717) is 29.8 Å².